The molecule has 32 heavy (non-hydrogen) atoms. The van der Waals surface area contributed by atoms with E-state index in [2.05, 4.69) is 30.5 Å². The third-order valence-electron chi connectivity index (χ3n) is 4.91. The van der Waals surface area contributed by atoms with E-state index < -0.39 is 0 Å². The molecule has 1 atom stereocenters. The number of thiazole rings is 1. The highest BCUT2D eigenvalue weighted by molar-refractivity contribution is 8.00. The Morgan fingerprint density at radius 3 is 2.91 bits per heavy atom. The summed E-state index contributed by atoms with van der Waals surface area (Å²) in [6.45, 7) is 4.50. The maximum absolute atomic E-state index is 12.9. The molecule has 10 heteroatoms. The number of carbonyl (C=O) groups excluding carboxylic acids is 1. The van der Waals surface area contributed by atoms with Crippen molar-refractivity contribution in [3.05, 3.63) is 42.5 Å². The van der Waals surface area contributed by atoms with Crippen LogP contribution in [-0.4, -0.2) is 42.9 Å². The molecule has 0 spiro atoms. The topological polar surface area (TPSA) is 106 Å². The van der Waals surface area contributed by atoms with Gasteiger partial charge in [-0.1, -0.05) is 48.2 Å². The molecule has 5 aromatic rings. The minimum atomic E-state index is -0.371. The molecule has 0 aliphatic carbocycles. The molecule has 1 amide bonds. The number of fused-ring (bicyclic) bond motifs is 4. The Kier molecular flexibility index (Phi) is 5.62. The van der Waals surface area contributed by atoms with Crippen LogP contribution < -0.4 is 10.1 Å². The van der Waals surface area contributed by atoms with E-state index >= 15 is 0 Å². The van der Waals surface area contributed by atoms with Crippen LogP contribution in [0.15, 0.2) is 47.6 Å². The Hall–Kier alpha value is -3.24. The predicted molar refractivity (Wildman–Crippen MR) is 129 cm³/mol. The molecular weight excluding hydrogens is 444 g/mol. The van der Waals surface area contributed by atoms with Crippen molar-refractivity contribution in [1.82, 2.24) is 25.1 Å². The van der Waals surface area contributed by atoms with E-state index in [9.17, 15) is 4.79 Å². The number of rotatable bonds is 7. The first-order valence-electron chi connectivity index (χ1n) is 10.3. The van der Waals surface area contributed by atoms with Gasteiger partial charge in [0.2, 0.25) is 11.1 Å². The quantitative estimate of drug-likeness (QED) is 0.326. The molecule has 1 unspecified atom stereocenters. The molecule has 0 aliphatic rings. The monoisotopic (exact) mass is 464 g/mol. The number of nitrogens with one attached hydrogen (secondary N) is 2. The minimum absolute atomic E-state index is 0.137. The zero-order chi connectivity index (χ0) is 22.1. The van der Waals surface area contributed by atoms with E-state index in [0.717, 1.165) is 32.4 Å². The van der Waals surface area contributed by atoms with Gasteiger partial charge >= 0.3 is 0 Å². The summed E-state index contributed by atoms with van der Waals surface area (Å²) in [5, 5.41) is 13.1. The normalized spacial score (nSPS) is 12.4. The van der Waals surface area contributed by atoms with Crippen molar-refractivity contribution < 1.29 is 9.53 Å². The standard InChI is InChI=1S/C22H20N6O2S2/c1-3-16(20(29)26-21-24-15-10-9-12(30-4-2)11-17(15)32-21)31-22-25-19-18(27-28-22)13-7-5-6-8-14(13)23-19/h5-11,16H,3-4H2,1-2H3,(H,23,25,28)(H,24,26,29). The molecule has 162 valence electrons. The van der Waals surface area contributed by atoms with Crippen molar-refractivity contribution in [1.29, 1.82) is 0 Å². The molecule has 0 fully saturated rings. The lowest BCUT2D eigenvalue weighted by atomic mass is 10.2. The minimum Gasteiger partial charge on any atom is -0.494 e. The van der Waals surface area contributed by atoms with E-state index in [1.807, 2.05) is 56.3 Å². The first kappa shape index (κ1) is 20.7. The van der Waals surface area contributed by atoms with Crippen LogP contribution in [0.5, 0.6) is 5.75 Å². The number of amides is 1. The van der Waals surface area contributed by atoms with Crippen LogP contribution in [0.1, 0.15) is 20.3 Å². The van der Waals surface area contributed by atoms with Gasteiger partial charge in [-0.25, -0.2) is 9.97 Å². The van der Waals surface area contributed by atoms with Gasteiger partial charge < -0.3 is 15.0 Å². The highest BCUT2D eigenvalue weighted by atomic mass is 32.2. The average Bonchev–Trinajstić information content (AvgIpc) is 3.37. The highest BCUT2D eigenvalue weighted by Crippen LogP contribution is 2.31. The first-order chi connectivity index (χ1) is 15.6. The average molecular weight is 465 g/mol. The zero-order valence-electron chi connectivity index (χ0n) is 17.5. The second-order valence-electron chi connectivity index (χ2n) is 7.05. The number of nitrogens with zero attached hydrogens (tertiary/aromatic N) is 4. The Morgan fingerprint density at radius 1 is 1.19 bits per heavy atom. The highest BCUT2D eigenvalue weighted by Gasteiger charge is 2.22. The van der Waals surface area contributed by atoms with Crippen molar-refractivity contribution in [3.63, 3.8) is 0 Å². The van der Waals surface area contributed by atoms with Crippen LogP contribution in [0.4, 0.5) is 5.13 Å². The summed E-state index contributed by atoms with van der Waals surface area (Å²) in [4.78, 5) is 25.3. The van der Waals surface area contributed by atoms with Gasteiger partial charge in [0.05, 0.1) is 22.1 Å². The fraction of sp³-hybridized carbons (Fsp3) is 0.227. The third kappa shape index (κ3) is 3.98. The molecule has 3 aromatic heterocycles. The summed E-state index contributed by atoms with van der Waals surface area (Å²) >= 11 is 2.72. The van der Waals surface area contributed by atoms with Gasteiger partial charge in [-0.2, -0.15) is 0 Å². The largest absolute Gasteiger partial charge is 0.494 e. The van der Waals surface area contributed by atoms with Gasteiger partial charge in [-0.3, -0.25) is 4.79 Å². The van der Waals surface area contributed by atoms with Crippen molar-refractivity contribution in [2.45, 2.75) is 30.7 Å². The van der Waals surface area contributed by atoms with Crippen molar-refractivity contribution in [3.8, 4) is 5.75 Å². The lowest BCUT2D eigenvalue weighted by Gasteiger charge is -2.11. The van der Waals surface area contributed by atoms with Crippen LogP contribution in [0.25, 0.3) is 32.3 Å². The number of aromatic amines is 1. The van der Waals surface area contributed by atoms with Crippen molar-refractivity contribution in [2.24, 2.45) is 0 Å². The molecule has 0 bridgehead atoms. The lowest BCUT2D eigenvalue weighted by Crippen LogP contribution is -2.24. The summed E-state index contributed by atoms with van der Waals surface area (Å²) in [6.07, 6.45) is 0.615. The third-order valence-corrected chi connectivity index (χ3v) is 7.06. The lowest BCUT2D eigenvalue weighted by molar-refractivity contribution is -0.115. The number of benzene rings is 2. The van der Waals surface area contributed by atoms with E-state index in [0.29, 0.717) is 29.0 Å². The van der Waals surface area contributed by atoms with Gasteiger partial charge in [0.15, 0.2) is 10.8 Å². The number of thioether (sulfide) groups is 1. The maximum Gasteiger partial charge on any atom is 0.239 e. The van der Waals surface area contributed by atoms with Gasteiger partial charge in [-0.05, 0) is 37.6 Å². The van der Waals surface area contributed by atoms with Gasteiger partial charge in [0.25, 0.3) is 0 Å². The second kappa shape index (κ2) is 8.71. The summed E-state index contributed by atoms with van der Waals surface area (Å²) in [7, 11) is 0. The molecular formula is C22H20N6O2S2. The number of aromatic nitrogens is 5. The number of H-pyrrole nitrogens is 1. The summed E-state index contributed by atoms with van der Waals surface area (Å²) in [5.74, 6) is 0.655. The smallest absolute Gasteiger partial charge is 0.239 e. The van der Waals surface area contributed by atoms with E-state index in [1.54, 1.807) is 0 Å². The Balaban J connectivity index is 1.33. The molecule has 2 aromatic carbocycles. The summed E-state index contributed by atoms with van der Waals surface area (Å²) in [5.41, 5.74) is 3.17. The predicted octanol–water partition coefficient (Wildman–Crippen LogP) is 5.02. The molecule has 0 saturated carbocycles. The SMILES string of the molecule is CCOc1ccc2nc(NC(=O)C(CC)Sc3nnc4c(n3)[nH]c3ccccc34)sc2c1. The van der Waals surface area contributed by atoms with Crippen LogP contribution in [0.3, 0.4) is 0 Å². The van der Waals surface area contributed by atoms with Crippen molar-refractivity contribution in [2.75, 3.05) is 11.9 Å². The number of carbonyl (C=O) groups is 1. The Morgan fingerprint density at radius 2 is 2.06 bits per heavy atom. The molecule has 5 rings (SSSR count). The Bertz CT molecular complexity index is 1430. The summed E-state index contributed by atoms with van der Waals surface area (Å²) in [6, 6.07) is 13.6. The fourth-order valence-electron chi connectivity index (χ4n) is 3.41. The molecule has 0 aliphatic heterocycles. The molecule has 0 saturated heterocycles. The number of para-hydroxylation sites is 1. The maximum atomic E-state index is 12.9. The van der Waals surface area contributed by atoms with Crippen LogP contribution >= 0.6 is 23.1 Å². The Labute approximate surface area is 191 Å². The molecule has 8 nitrogen and oxygen atoms in total. The van der Waals surface area contributed by atoms with Crippen LogP contribution in [0, 0.1) is 0 Å². The van der Waals surface area contributed by atoms with Gasteiger partial charge in [-0.15, -0.1) is 10.2 Å². The fourth-order valence-corrected chi connectivity index (χ4v) is 5.12. The van der Waals surface area contributed by atoms with E-state index in [4.69, 9.17) is 4.74 Å². The number of hydrogen-bond acceptors (Lipinski definition) is 8. The second-order valence-corrected chi connectivity index (χ2v) is 9.25. The molecule has 0 radical (unpaired) electrons. The van der Waals surface area contributed by atoms with E-state index in [1.165, 1.54) is 23.1 Å². The number of ether oxygens (including phenoxy) is 1. The number of hydrogen-bond donors (Lipinski definition) is 2. The molecule has 3 heterocycles. The van der Waals surface area contributed by atoms with E-state index in [-0.39, 0.29) is 11.2 Å². The zero-order valence-corrected chi connectivity index (χ0v) is 19.1. The van der Waals surface area contributed by atoms with Crippen molar-refractivity contribution >= 4 is 66.4 Å². The summed E-state index contributed by atoms with van der Waals surface area (Å²) < 4.78 is 6.50. The van der Waals surface area contributed by atoms with Gasteiger partial charge in [0, 0.05) is 10.9 Å². The van der Waals surface area contributed by atoms with Crippen LogP contribution in [-0.2, 0) is 4.79 Å². The van der Waals surface area contributed by atoms with Crippen LogP contribution in [0.2, 0.25) is 0 Å². The molecule has 2 N–H and O–H groups in total. The first-order valence-corrected chi connectivity index (χ1v) is 12.0. The number of anilines is 1. The van der Waals surface area contributed by atoms with Gasteiger partial charge in [0.1, 0.15) is 11.3 Å².